The zero-order chi connectivity index (χ0) is 18.8. The van der Waals surface area contributed by atoms with Gasteiger partial charge in [0.05, 0.1) is 5.56 Å². The van der Waals surface area contributed by atoms with Crippen LogP contribution in [0.2, 0.25) is 5.15 Å². The first-order valence-corrected chi connectivity index (χ1v) is 9.01. The maximum absolute atomic E-state index is 13.9. The first-order chi connectivity index (χ1) is 13.1. The van der Waals surface area contributed by atoms with Crippen molar-refractivity contribution in [3.8, 4) is 11.3 Å². The van der Waals surface area contributed by atoms with E-state index in [1.807, 2.05) is 12.1 Å². The fourth-order valence-electron chi connectivity index (χ4n) is 3.13. The summed E-state index contributed by atoms with van der Waals surface area (Å²) < 4.78 is 19.5. The highest BCUT2D eigenvalue weighted by atomic mass is 35.5. The third-order valence-electron chi connectivity index (χ3n) is 4.55. The van der Waals surface area contributed by atoms with E-state index in [1.54, 1.807) is 41.3 Å². The minimum Gasteiger partial charge on any atom is -0.451 e. The average Bonchev–Trinajstić information content (AvgIpc) is 3.18. The van der Waals surface area contributed by atoms with Gasteiger partial charge >= 0.3 is 0 Å². The van der Waals surface area contributed by atoms with Gasteiger partial charge in [-0.3, -0.25) is 4.79 Å². The van der Waals surface area contributed by atoms with E-state index in [0.29, 0.717) is 42.7 Å². The van der Waals surface area contributed by atoms with E-state index >= 15 is 0 Å². The van der Waals surface area contributed by atoms with E-state index in [1.165, 1.54) is 6.07 Å². The number of benzene rings is 1. The van der Waals surface area contributed by atoms with Crippen molar-refractivity contribution in [2.75, 3.05) is 31.1 Å². The van der Waals surface area contributed by atoms with Crippen LogP contribution in [0, 0.1) is 5.82 Å². The van der Waals surface area contributed by atoms with E-state index in [9.17, 15) is 9.18 Å². The lowest BCUT2D eigenvalue weighted by atomic mass is 10.1. The van der Waals surface area contributed by atoms with Crippen molar-refractivity contribution in [3.05, 3.63) is 71.3 Å². The maximum atomic E-state index is 13.9. The van der Waals surface area contributed by atoms with Crippen molar-refractivity contribution in [2.45, 2.75) is 0 Å². The highest BCUT2D eigenvalue weighted by Crippen LogP contribution is 2.26. The maximum Gasteiger partial charge on any atom is 0.289 e. The van der Waals surface area contributed by atoms with Gasteiger partial charge < -0.3 is 14.2 Å². The second kappa shape index (κ2) is 7.40. The summed E-state index contributed by atoms with van der Waals surface area (Å²) in [4.78, 5) is 20.8. The molecule has 0 atom stereocenters. The Kier molecular flexibility index (Phi) is 4.81. The van der Waals surface area contributed by atoms with Crippen molar-refractivity contribution in [2.24, 2.45) is 0 Å². The van der Waals surface area contributed by atoms with Gasteiger partial charge in [0, 0.05) is 26.2 Å². The Morgan fingerprint density at radius 2 is 1.78 bits per heavy atom. The Morgan fingerprint density at radius 1 is 1.00 bits per heavy atom. The summed E-state index contributed by atoms with van der Waals surface area (Å²) >= 11 is 5.95. The number of piperazine rings is 1. The Balaban J connectivity index is 1.43. The number of rotatable bonds is 3. The number of hydrogen-bond donors (Lipinski definition) is 0. The molecule has 3 aromatic rings. The van der Waals surface area contributed by atoms with E-state index in [0.717, 1.165) is 5.82 Å². The molecular formula is C20H17ClFN3O2. The largest absolute Gasteiger partial charge is 0.451 e. The predicted octanol–water partition coefficient (Wildman–Crippen LogP) is 4.10. The molecule has 2 aromatic heterocycles. The summed E-state index contributed by atoms with van der Waals surface area (Å²) in [5.74, 6) is 0.778. The minimum absolute atomic E-state index is 0.198. The number of hydrogen-bond acceptors (Lipinski definition) is 4. The molecule has 0 aliphatic carbocycles. The molecule has 1 aliphatic heterocycles. The minimum atomic E-state index is -0.381. The molecule has 0 saturated carbocycles. The molecule has 5 nitrogen and oxygen atoms in total. The van der Waals surface area contributed by atoms with Crippen molar-refractivity contribution in [3.63, 3.8) is 0 Å². The number of aromatic nitrogens is 1. The summed E-state index contributed by atoms with van der Waals surface area (Å²) in [6, 6.07) is 15.0. The first kappa shape index (κ1) is 17.5. The van der Waals surface area contributed by atoms with Crippen LogP contribution in [0.1, 0.15) is 10.6 Å². The van der Waals surface area contributed by atoms with Crippen molar-refractivity contribution in [1.82, 2.24) is 9.88 Å². The van der Waals surface area contributed by atoms with Crippen LogP contribution in [0.15, 0.2) is 59.0 Å². The second-order valence-corrected chi connectivity index (χ2v) is 6.63. The van der Waals surface area contributed by atoms with E-state index in [2.05, 4.69) is 9.88 Å². The first-order valence-electron chi connectivity index (χ1n) is 8.63. The van der Waals surface area contributed by atoms with Gasteiger partial charge in [-0.1, -0.05) is 29.8 Å². The zero-order valence-electron chi connectivity index (χ0n) is 14.4. The molecule has 0 N–H and O–H groups in total. The average molecular weight is 386 g/mol. The number of carbonyl (C=O) groups excluding carboxylic acids is 1. The smallest absolute Gasteiger partial charge is 0.289 e. The third kappa shape index (κ3) is 3.66. The lowest BCUT2D eigenvalue weighted by molar-refractivity contribution is 0.0715. The molecule has 138 valence electrons. The van der Waals surface area contributed by atoms with Gasteiger partial charge in [0.1, 0.15) is 22.5 Å². The monoisotopic (exact) mass is 385 g/mol. The topological polar surface area (TPSA) is 49.6 Å². The number of halogens is 2. The van der Waals surface area contributed by atoms with E-state index in [-0.39, 0.29) is 17.5 Å². The van der Waals surface area contributed by atoms with Crippen molar-refractivity contribution >= 4 is 23.3 Å². The molecule has 1 aromatic carbocycles. The molecule has 1 fully saturated rings. The summed E-state index contributed by atoms with van der Waals surface area (Å²) in [7, 11) is 0. The number of anilines is 1. The van der Waals surface area contributed by atoms with Crippen LogP contribution in [-0.4, -0.2) is 42.0 Å². The van der Waals surface area contributed by atoms with Crippen LogP contribution >= 0.6 is 11.6 Å². The fourth-order valence-corrected chi connectivity index (χ4v) is 3.29. The number of carbonyl (C=O) groups is 1. The fraction of sp³-hybridized carbons (Fsp3) is 0.200. The highest BCUT2D eigenvalue weighted by molar-refractivity contribution is 6.29. The molecule has 1 saturated heterocycles. The van der Waals surface area contributed by atoms with Crippen LogP contribution in [0.3, 0.4) is 0 Å². The standard InChI is InChI=1S/C20H17ClFN3O2/c21-18-6-3-7-19(23-18)24-10-12-25(13-11-24)20(26)17-9-8-16(27-17)14-4-1-2-5-15(14)22/h1-9H,10-13H2. The normalized spacial score (nSPS) is 14.4. The van der Waals surface area contributed by atoms with Gasteiger partial charge in [-0.2, -0.15) is 0 Å². The van der Waals surface area contributed by atoms with Crippen molar-refractivity contribution in [1.29, 1.82) is 0 Å². The molecule has 0 spiro atoms. The molecule has 1 aliphatic rings. The SMILES string of the molecule is O=C(c1ccc(-c2ccccc2F)o1)N1CCN(c2cccc(Cl)n2)CC1. The lowest BCUT2D eigenvalue weighted by Crippen LogP contribution is -2.49. The van der Waals surface area contributed by atoms with Gasteiger partial charge in [-0.05, 0) is 36.4 Å². The van der Waals surface area contributed by atoms with Gasteiger partial charge in [0.2, 0.25) is 0 Å². The molecule has 7 heteroatoms. The van der Waals surface area contributed by atoms with Gasteiger partial charge in [0.25, 0.3) is 5.91 Å². The molecule has 3 heterocycles. The molecule has 0 radical (unpaired) electrons. The van der Waals surface area contributed by atoms with E-state index < -0.39 is 0 Å². The Labute approximate surface area is 161 Å². The molecule has 0 bridgehead atoms. The molecule has 27 heavy (non-hydrogen) atoms. The number of furan rings is 1. The molecule has 0 unspecified atom stereocenters. The summed E-state index contributed by atoms with van der Waals surface area (Å²) in [6.07, 6.45) is 0. The number of pyridine rings is 1. The lowest BCUT2D eigenvalue weighted by Gasteiger charge is -2.35. The number of amides is 1. The number of nitrogens with zero attached hydrogens (tertiary/aromatic N) is 3. The second-order valence-electron chi connectivity index (χ2n) is 6.24. The molecule has 4 rings (SSSR count). The van der Waals surface area contributed by atoms with Crippen LogP contribution in [-0.2, 0) is 0 Å². The summed E-state index contributed by atoms with van der Waals surface area (Å²) in [5.41, 5.74) is 0.341. The van der Waals surface area contributed by atoms with Crippen molar-refractivity contribution < 1.29 is 13.6 Å². The van der Waals surface area contributed by atoms with Gasteiger partial charge in [0.15, 0.2) is 5.76 Å². The predicted molar refractivity (Wildman–Crippen MR) is 101 cm³/mol. The van der Waals surface area contributed by atoms with Crippen LogP contribution in [0.4, 0.5) is 10.2 Å². The summed E-state index contributed by atoms with van der Waals surface area (Å²) in [5, 5.41) is 0.447. The van der Waals surface area contributed by atoms with E-state index in [4.69, 9.17) is 16.0 Å². The molecular weight excluding hydrogens is 369 g/mol. The van der Waals surface area contributed by atoms with Gasteiger partial charge in [-0.25, -0.2) is 9.37 Å². The Bertz CT molecular complexity index is 967. The Morgan fingerprint density at radius 3 is 2.52 bits per heavy atom. The Hall–Kier alpha value is -2.86. The summed E-state index contributed by atoms with van der Waals surface area (Å²) in [6.45, 7) is 2.39. The van der Waals surface area contributed by atoms with Gasteiger partial charge in [-0.15, -0.1) is 0 Å². The highest BCUT2D eigenvalue weighted by Gasteiger charge is 2.25. The quantitative estimate of drug-likeness (QED) is 0.637. The molecule has 1 amide bonds. The van der Waals surface area contributed by atoms with Crippen LogP contribution in [0.25, 0.3) is 11.3 Å². The zero-order valence-corrected chi connectivity index (χ0v) is 15.2. The van der Waals surface area contributed by atoms with Crippen LogP contribution in [0.5, 0.6) is 0 Å². The van der Waals surface area contributed by atoms with Crippen LogP contribution < -0.4 is 4.90 Å². The third-order valence-corrected chi connectivity index (χ3v) is 4.76.